The van der Waals surface area contributed by atoms with E-state index in [1.807, 2.05) is 19.1 Å². The maximum absolute atomic E-state index is 11.3. The molecule has 0 aliphatic carbocycles. The van der Waals surface area contributed by atoms with Gasteiger partial charge in [-0.3, -0.25) is 4.90 Å². The van der Waals surface area contributed by atoms with Crippen LogP contribution in [-0.4, -0.2) is 17.2 Å². The molecule has 0 aromatic heterocycles. The standard InChI is InChI=1S/C14H19NO2/c1-9(2)11-6-7-13-12(8-11)5-4-10(3)15(13)14(16)17/h6-10H,4-5H2,1-3H3,(H,16,17). The van der Waals surface area contributed by atoms with E-state index >= 15 is 0 Å². The molecule has 1 aliphatic rings. The minimum absolute atomic E-state index is 0.0740. The third-order valence-electron chi connectivity index (χ3n) is 3.51. The number of nitrogens with zero attached hydrogens (tertiary/aromatic N) is 1. The third-order valence-corrected chi connectivity index (χ3v) is 3.51. The average molecular weight is 233 g/mol. The van der Waals surface area contributed by atoms with Gasteiger partial charge in [-0.05, 0) is 42.9 Å². The first kappa shape index (κ1) is 12.0. The van der Waals surface area contributed by atoms with E-state index in [0.29, 0.717) is 5.92 Å². The molecule has 1 atom stereocenters. The molecule has 17 heavy (non-hydrogen) atoms. The van der Waals surface area contributed by atoms with Gasteiger partial charge in [-0.25, -0.2) is 4.79 Å². The lowest BCUT2D eigenvalue weighted by atomic mass is 9.92. The van der Waals surface area contributed by atoms with Gasteiger partial charge in [0.2, 0.25) is 0 Å². The fourth-order valence-electron chi connectivity index (χ4n) is 2.42. The Balaban J connectivity index is 2.44. The van der Waals surface area contributed by atoms with E-state index < -0.39 is 6.09 Å². The molecule has 1 unspecified atom stereocenters. The quantitative estimate of drug-likeness (QED) is 0.804. The van der Waals surface area contributed by atoms with Crippen LogP contribution in [0.4, 0.5) is 10.5 Å². The number of rotatable bonds is 1. The van der Waals surface area contributed by atoms with Gasteiger partial charge in [-0.2, -0.15) is 0 Å². The van der Waals surface area contributed by atoms with Crippen molar-refractivity contribution >= 4 is 11.8 Å². The molecular formula is C14H19NO2. The van der Waals surface area contributed by atoms with Crippen molar-refractivity contribution in [2.45, 2.75) is 45.6 Å². The molecule has 1 aromatic carbocycles. The summed E-state index contributed by atoms with van der Waals surface area (Å²) in [6.45, 7) is 6.28. The molecule has 0 saturated carbocycles. The van der Waals surface area contributed by atoms with E-state index in [1.54, 1.807) is 0 Å². The Labute approximate surface area is 102 Å². The molecule has 1 heterocycles. The Morgan fingerprint density at radius 2 is 2.18 bits per heavy atom. The Morgan fingerprint density at radius 3 is 2.76 bits per heavy atom. The molecule has 0 bridgehead atoms. The zero-order chi connectivity index (χ0) is 12.6. The molecule has 2 rings (SSSR count). The second-order valence-electron chi connectivity index (χ2n) is 5.08. The second-order valence-corrected chi connectivity index (χ2v) is 5.08. The molecule has 3 nitrogen and oxygen atoms in total. The summed E-state index contributed by atoms with van der Waals surface area (Å²) in [6, 6.07) is 6.22. The first-order valence-electron chi connectivity index (χ1n) is 6.15. The van der Waals surface area contributed by atoms with Crippen LogP contribution in [0.5, 0.6) is 0 Å². The summed E-state index contributed by atoms with van der Waals surface area (Å²) in [5.74, 6) is 0.484. The summed E-state index contributed by atoms with van der Waals surface area (Å²) < 4.78 is 0. The fourth-order valence-corrected chi connectivity index (χ4v) is 2.42. The molecule has 1 aromatic rings. The first-order chi connectivity index (χ1) is 8.00. The number of hydrogen-bond donors (Lipinski definition) is 1. The highest BCUT2D eigenvalue weighted by molar-refractivity contribution is 5.88. The predicted molar refractivity (Wildman–Crippen MR) is 68.8 cm³/mol. The zero-order valence-corrected chi connectivity index (χ0v) is 10.6. The van der Waals surface area contributed by atoms with Crippen LogP contribution >= 0.6 is 0 Å². The minimum atomic E-state index is -0.851. The third kappa shape index (κ3) is 2.14. The lowest BCUT2D eigenvalue weighted by Gasteiger charge is -2.33. The summed E-state index contributed by atoms with van der Waals surface area (Å²) in [4.78, 5) is 12.8. The van der Waals surface area contributed by atoms with Gasteiger partial charge in [0, 0.05) is 6.04 Å². The van der Waals surface area contributed by atoms with Gasteiger partial charge in [-0.1, -0.05) is 26.0 Å². The van der Waals surface area contributed by atoms with Crippen molar-refractivity contribution < 1.29 is 9.90 Å². The van der Waals surface area contributed by atoms with Crippen LogP contribution < -0.4 is 4.90 Å². The number of amides is 1. The summed E-state index contributed by atoms with van der Waals surface area (Å²) >= 11 is 0. The highest BCUT2D eigenvalue weighted by atomic mass is 16.4. The highest BCUT2D eigenvalue weighted by Gasteiger charge is 2.27. The molecule has 1 amide bonds. The summed E-state index contributed by atoms with van der Waals surface area (Å²) in [5, 5.41) is 9.26. The molecule has 0 radical (unpaired) electrons. The SMILES string of the molecule is CC(C)c1ccc2c(c1)CCC(C)N2C(=O)O. The Morgan fingerprint density at radius 1 is 1.47 bits per heavy atom. The first-order valence-corrected chi connectivity index (χ1v) is 6.15. The van der Waals surface area contributed by atoms with Crippen molar-refractivity contribution in [2.24, 2.45) is 0 Å². The Hall–Kier alpha value is -1.51. The highest BCUT2D eigenvalue weighted by Crippen LogP contribution is 2.32. The smallest absolute Gasteiger partial charge is 0.412 e. The molecule has 92 valence electrons. The maximum Gasteiger partial charge on any atom is 0.412 e. The van der Waals surface area contributed by atoms with Crippen molar-refractivity contribution in [3.63, 3.8) is 0 Å². The van der Waals surface area contributed by atoms with E-state index in [0.717, 1.165) is 24.1 Å². The number of anilines is 1. The summed E-state index contributed by atoms with van der Waals surface area (Å²) in [7, 11) is 0. The van der Waals surface area contributed by atoms with E-state index in [2.05, 4.69) is 19.9 Å². The Bertz CT molecular complexity index is 440. The van der Waals surface area contributed by atoms with Crippen molar-refractivity contribution in [1.82, 2.24) is 0 Å². The molecule has 1 N–H and O–H groups in total. The Kier molecular flexibility index (Phi) is 3.09. The lowest BCUT2D eigenvalue weighted by molar-refractivity contribution is 0.198. The van der Waals surface area contributed by atoms with Crippen LogP contribution in [0.15, 0.2) is 18.2 Å². The van der Waals surface area contributed by atoms with Gasteiger partial charge in [-0.15, -0.1) is 0 Å². The van der Waals surface area contributed by atoms with Crippen molar-refractivity contribution in [1.29, 1.82) is 0 Å². The largest absolute Gasteiger partial charge is 0.465 e. The maximum atomic E-state index is 11.3. The van der Waals surface area contributed by atoms with Crippen LogP contribution in [0.3, 0.4) is 0 Å². The molecule has 0 fully saturated rings. The number of carboxylic acid groups (broad SMARTS) is 1. The molecular weight excluding hydrogens is 214 g/mol. The van der Waals surface area contributed by atoms with Crippen molar-refractivity contribution in [3.8, 4) is 0 Å². The van der Waals surface area contributed by atoms with Gasteiger partial charge in [0.25, 0.3) is 0 Å². The van der Waals surface area contributed by atoms with Gasteiger partial charge in [0.05, 0.1) is 5.69 Å². The predicted octanol–water partition coefficient (Wildman–Crippen LogP) is 3.63. The normalized spacial score (nSPS) is 19.3. The molecule has 3 heteroatoms. The number of fused-ring (bicyclic) bond motifs is 1. The summed E-state index contributed by atoms with van der Waals surface area (Å²) in [6.07, 6.45) is 1.03. The van der Waals surface area contributed by atoms with Gasteiger partial charge >= 0.3 is 6.09 Å². The topological polar surface area (TPSA) is 40.5 Å². The number of hydrogen-bond acceptors (Lipinski definition) is 1. The van der Waals surface area contributed by atoms with Crippen LogP contribution in [0.2, 0.25) is 0 Å². The van der Waals surface area contributed by atoms with Crippen LogP contribution in [0.1, 0.15) is 44.2 Å². The minimum Gasteiger partial charge on any atom is -0.465 e. The molecule has 0 saturated heterocycles. The van der Waals surface area contributed by atoms with E-state index in [1.165, 1.54) is 10.5 Å². The van der Waals surface area contributed by atoms with Crippen molar-refractivity contribution in [3.05, 3.63) is 29.3 Å². The fraction of sp³-hybridized carbons (Fsp3) is 0.500. The average Bonchev–Trinajstić information content (AvgIpc) is 2.27. The van der Waals surface area contributed by atoms with Crippen LogP contribution in [0, 0.1) is 0 Å². The lowest BCUT2D eigenvalue weighted by Crippen LogP contribution is -2.41. The second kappa shape index (κ2) is 4.40. The zero-order valence-electron chi connectivity index (χ0n) is 10.6. The van der Waals surface area contributed by atoms with Crippen LogP contribution in [-0.2, 0) is 6.42 Å². The number of aryl methyl sites for hydroxylation is 1. The van der Waals surface area contributed by atoms with E-state index in [4.69, 9.17) is 0 Å². The monoisotopic (exact) mass is 233 g/mol. The van der Waals surface area contributed by atoms with Gasteiger partial charge in [0.1, 0.15) is 0 Å². The summed E-state index contributed by atoms with van der Waals surface area (Å²) in [5.41, 5.74) is 3.31. The van der Waals surface area contributed by atoms with Gasteiger partial charge < -0.3 is 5.11 Å². The van der Waals surface area contributed by atoms with E-state index in [9.17, 15) is 9.90 Å². The number of carbonyl (C=O) groups is 1. The molecule has 1 aliphatic heterocycles. The van der Waals surface area contributed by atoms with Crippen molar-refractivity contribution in [2.75, 3.05) is 4.90 Å². The molecule has 0 spiro atoms. The number of benzene rings is 1. The van der Waals surface area contributed by atoms with Gasteiger partial charge in [0.15, 0.2) is 0 Å². The van der Waals surface area contributed by atoms with E-state index in [-0.39, 0.29) is 6.04 Å². The van der Waals surface area contributed by atoms with Crippen LogP contribution in [0.25, 0.3) is 0 Å².